The first-order valence-electron chi connectivity index (χ1n) is 3.33. The first-order chi connectivity index (χ1) is 4.84. The van der Waals surface area contributed by atoms with Crippen molar-refractivity contribution >= 4 is 11.8 Å². The topological polar surface area (TPSA) is 53.0 Å². The molecule has 0 bridgehead atoms. The number of hydrogen-bond donors (Lipinski definition) is 2. The van der Waals surface area contributed by atoms with Gasteiger partial charge in [0.15, 0.2) is 0 Å². The lowest BCUT2D eigenvalue weighted by molar-refractivity contribution is 0.157. The van der Waals surface area contributed by atoms with Gasteiger partial charge in [0.25, 0.3) is 0 Å². The average molecular weight is 164 g/mol. The Hall–Kier alpha value is 0.230. The molecule has 4 heteroatoms. The van der Waals surface area contributed by atoms with Crippen LogP contribution in [-0.2, 0) is 4.74 Å². The summed E-state index contributed by atoms with van der Waals surface area (Å²) >= 11 is 1.55. The Morgan fingerprint density at radius 1 is 1.70 bits per heavy atom. The standard InChI is InChI=1S/C6H12O3S/c7-1-2-10-4-5(8)6-3-9-6/h5-8H,1-4H2. The largest absolute Gasteiger partial charge is 0.396 e. The zero-order valence-electron chi connectivity index (χ0n) is 5.69. The van der Waals surface area contributed by atoms with Gasteiger partial charge in [0.2, 0.25) is 0 Å². The highest BCUT2D eigenvalue weighted by Crippen LogP contribution is 2.17. The van der Waals surface area contributed by atoms with Gasteiger partial charge in [-0.3, -0.25) is 0 Å². The van der Waals surface area contributed by atoms with E-state index in [-0.39, 0.29) is 18.8 Å². The van der Waals surface area contributed by atoms with E-state index in [0.717, 1.165) is 0 Å². The minimum absolute atomic E-state index is 0.0752. The third-order valence-corrected chi connectivity index (χ3v) is 2.36. The predicted octanol–water partition coefficient (Wildman–Crippen LogP) is -0.528. The van der Waals surface area contributed by atoms with E-state index in [2.05, 4.69) is 0 Å². The molecule has 0 amide bonds. The van der Waals surface area contributed by atoms with Gasteiger partial charge in [-0.2, -0.15) is 11.8 Å². The van der Waals surface area contributed by atoms with Crippen LogP contribution < -0.4 is 0 Å². The van der Waals surface area contributed by atoms with E-state index in [1.165, 1.54) is 0 Å². The molecule has 60 valence electrons. The second-order valence-corrected chi connectivity index (χ2v) is 3.39. The molecule has 1 aliphatic rings. The summed E-state index contributed by atoms with van der Waals surface area (Å²) in [5, 5.41) is 17.6. The highest BCUT2D eigenvalue weighted by molar-refractivity contribution is 7.99. The minimum atomic E-state index is -0.337. The van der Waals surface area contributed by atoms with Gasteiger partial charge in [-0.1, -0.05) is 0 Å². The van der Waals surface area contributed by atoms with E-state index in [0.29, 0.717) is 18.1 Å². The summed E-state index contributed by atoms with van der Waals surface area (Å²) in [4.78, 5) is 0. The van der Waals surface area contributed by atoms with Crippen molar-refractivity contribution in [3.8, 4) is 0 Å². The van der Waals surface area contributed by atoms with Gasteiger partial charge in [0, 0.05) is 11.5 Å². The third kappa shape index (κ3) is 2.88. The van der Waals surface area contributed by atoms with Crippen LogP contribution >= 0.6 is 11.8 Å². The number of aliphatic hydroxyl groups excluding tert-OH is 2. The molecule has 1 rings (SSSR count). The van der Waals surface area contributed by atoms with Gasteiger partial charge < -0.3 is 14.9 Å². The minimum Gasteiger partial charge on any atom is -0.396 e. The summed E-state index contributed by atoms with van der Waals surface area (Å²) in [6, 6.07) is 0. The van der Waals surface area contributed by atoms with Crippen molar-refractivity contribution in [3.63, 3.8) is 0 Å². The Balaban J connectivity index is 1.90. The number of ether oxygens (including phenoxy) is 1. The second-order valence-electron chi connectivity index (χ2n) is 2.24. The molecule has 0 aromatic heterocycles. The van der Waals surface area contributed by atoms with Crippen molar-refractivity contribution in [2.45, 2.75) is 12.2 Å². The Morgan fingerprint density at radius 3 is 2.90 bits per heavy atom. The molecule has 1 saturated heterocycles. The molecule has 2 atom stereocenters. The maximum absolute atomic E-state index is 9.19. The molecular formula is C6H12O3S. The summed E-state index contributed by atoms with van der Waals surface area (Å²) < 4.78 is 4.88. The number of thioether (sulfide) groups is 1. The summed E-state index contributed by atoms with van der Waals surface area (Å²) in [5.74, 6) is 1.37. The van der Waals surface area contributed by atoms with Crippen LogP contribution in [0.5, 0.6) is 0 Å². The van der Waals surface area contributed by atoms with Gasteiger partial charge in [-0.15, -0.1) is 0 Å². The molecule has 0 radical (unpaired) electrons. The van der Waals surface area contributed by atoms with Crippen LogP contribution in [0.2, 0.25) is 0 Å². The first-order valence-corrected chi connectivity index (χ1v) is 4.48. The highest BCUT2D eigenvalue weighted by atomic mass is 32.2. The lowest BCUT2D eigenvalue weighted by Gasteiger charge is -2.04. The fraction of sp³-hybridized carbons (Fsp3) is 1.00. The SMILES string of the molecule is OCCSCC(O)C1CO1. The Morgan fingerprint density at radius 2 is 2.40 bits per heavy atom. The fourth-order valence-corrected chi connectivity index (χ4v) is 1.41. The molecule has 1 aliphatic heterocycles. The van der Waals surface area contributed by atoms with E-state index in [1.807, 2.05) is 0 Å². The fourth-order valence-electron chi connectivity index (χ4n) is 0.654. The molecule has 1 fully saturated rings. The molecule has 2 N–H and O–H groups in total. The van der Waals surface area contributed by atoms with E-state index >= 15 is 0 Å². The zero-order valence-corrected chi connectivity index (χ0v) is 6.51. The monoisotopic (exact) mass is 164 g/mol. The molecule has 0 aromatic rings. The first kappa shape index (κ1) is 8.33. The number of rotatable bonds is 5. The van der Waals surface area contributed by atoms with Gasteiger partial charge in [-0.25, -0.2) is 0 Å². The lowest BCUT2D eigenvalue weighted by Crippen LogP contribution is -2.17. The lowest BCUT2D eigenvalue weighted by atomic mass is 10.3. The molecule has 10 heavy (non-hydrogen) atoms. The molecule has 0 saturated carbocycles. The normalized spacial score (nSPS) is 26.4. The Bertz CT molecular complexity index is 95.0. The maximum atomic E-state index is 9.19. The second kappa shape index (κ2) is 4.18. The van der Waals surface area contributed by atoms with E-state index < -0.39 is 0 Å². The van der Waals surface area contributed by atoms with E-state index in [1.54, 1.807) is 11.8 Å². The van der Waals surface area contributed by atoms with Crippen molar-refractivity contribution in [2.24, 2.45) is 0 Å². The molecule has 2 unspecified atom stereocenters. The Labute approximate surface area is 64.4 Å². The van der Waals surface area contributed by atoms with Crippen LogP contribution in [0.25, 0.3) is 0 Å². The highest BCUT2D eigenvalue weighted by Gasteiger charge is 2.30. The summed E-state index contributed by atoms with van der Waals surface area (Å²) in [6.45, 7) is 0.879. The molecular weight excluding hydrogens is 152 g/mol. The number of hydrogen-bond acceptors (Lipinski definition) is 4. The van der Waals surface area contributed by atoms with E-state index in [4.69, 9.17) is 9.84 Å². The average Bonchev–Trinajstić information content (AvgIpc) is 2.69. The van der Waals surface area contributed by atoms with Gasteiger partial charge in [0.05, 0.1) is 19.3 Å². The van der Waals surface area contributed by atoms with Crippen LogP contribution in [0.3, 0.4) is 0 Å². The quantitative estimate of drug-likeness (QED) is 0.424. The van der Waals surface area contributed by atoms with Crippen molar-refractivity contribution in [3.05, 3.63) is 0 Å². The molecule has 1 heterocycles. The molecule has 0 spiro atoms. The summed E-state index contributed by atoms with van der Waals surface area (Å²) in [6.07, 6.45) is -0.261. The van der Waals surface area contributed by atoms with E-state index in [9.17, 15) is 5.11 Å². The predicted molar refractivity (Wildman–Crippen MR) is 40.2 cm³/mol. The number of aliphatic hydroxyl groups is 2. The van der Waals surface area contributed by atoms with Crippen LogP contribution in [-0.4, -0.2) is 47.1 Å². The van der Waals surface area contributed by atoms with Gasteiger partial charge in [-0.05, 0) is 0 Å². The van der Waals surface area contributed by atoms with Crippen molar-refractivity contribution in [1.29, 1.82) is 0 Å². The smallest absolute Gasteiger partial charge is 0.108 e. The van der Waals surface area contributed by atoms with Crippen molar-refractivity contribution in [2.75, 3.05) is 24.7 Å². The van der Waals surface area contributed by atoms with Gasteiger partial charge >= 0.3 is 0 Å². The van der Waals surface area contributed by atoms with Gasteiger partial charge in [0.1, 0.15) is 6.10 Å². The third-order valence-electron chi connectivity index (χ3n) is 1.31. The molecule has 0 aliphatic carbocycles. The van der Waals surface area contributed by atoms with Crippen LogP contribution in [0.4, 0.5) is 0 Å². The number of epoxide rings is 1. The maximum Gasteiger partial charge on any atom is 0.108 e. The summed E-state index contributed by atoms with van der Waals surface area (Å²) in [5.41, 5.74) is 0. The zero-order chi connectivity index (χ0) is 7.40. The van der Waals surface area contributed by atoms with Crippen LogP contribution in [0, 0.1) is 0 Å². The molecule has 3 nitrogen and oxygen atoms in total. The van der Waals surface area contributed by atoms with Crippen LogP contribution in [0.15, 0.2) is 0 Å². The summed E-state index contributed by atoms with van der Waals surface area (Å²) in [7, 11) is 0. The van der Waals surface area contributed by atoms with Crippen molar-refractivity contribution < 1.29 is 14.9 Å². The Kier molecular flexibility index (Phi) is 3.48. The molecule has 0 aromatic carbocycles. The van der Waals surface area contributed by atoms with Crippen molar-refractivity contribution in [1.82, 2.24) is 0 Å². The van der Waals surface area contributed by atoms with Crippen LogP contribution in [0.1, 0.15) is 0 Å².